The maximum atomic E-state index is 14.4. The molecule has 630 valence electrons. The summed E-state index contributed by atoms with van der Waals surface area (Å²) in [5, 5.41) is 18.2. The molecule has 25 nitrogen and oxygen atoms in total. The van der Waals surface area contributed by atoms with Crippen LogP contribution >= 0.6 is 61.3 Å². The zero-order chi connectivity index (χ0) is 87.6. The van der Waals surface area contributed by atoms with Crippen LogP contribution in [0.25, 0.3) is 0 Å². The molecule has 5 atom stereocenters. The number of halogens is 6. The van der Waals surface area contributed by atoms with Crippen LogP contribution < -0.4 is 27.4 Å². The molecular formula is C86H77BrF5N7O18S4. The highest BCUT2D eigenvalue weighted by atomic mass is 79.9. The predicted octanol–water partition coefficient (Wildman–Crippen LogP) is 12.8. The summed E-state index contributed by atoms with van der Waals surface area (Å²) in [4.78, 5) is 162. The third-order valence-electron chi connectivity index (χ3n) is 20.1. The zero-order valence-electron chi connectivity index (χ0n) is 65.3. The summed E-state index contributed by atoms with van der Waals surface area (Å²) in [5.41, 5.74) is 16.6. The molecular weight excluding hydrogens is 1720 g/mol. The lowest BCUT2D eigenvalue weighted by Gasteiger charge is -2.11. The van der Waals surface area contributed by atoms with Gasteiger partial charge in [0.1, 0.15) is 56.4 Å². The van der Waals surface area contributed by atoms with Crippen LogP contribution in [0.1, 0.15) is 137 Å². The fourth-order valence-corrected chi connectivity index (χ4v) is 19.6. The molecule has 0 saturated heterocycles. The number of benzene rings is 5. The molecule has 4 aromatic heterocycles. The van der Waals surface area contributed by atoms with E-state index in [-0.39, 0.29) is 141 Å². The van der Waals surface area contributed by atoms with E-state index in [2.05, 4.69) is 41.6 Å². The van der Waals surface area contributed by atoms with Crippen LogP contribution in [0.3, 0.4) is 0 Å². The van der Waals surface area contributed by atoms with Gasteiger partial charge in [0, 0.05) is 43.5 Å². The molecule has 35 heteroatoms. The molecule has 1 saturated carbocycles. The minimum Gasteiger partial charge on any atom is -0.469 e. The number of aliphatic imine (C=N–C) groups is 1. The molecule has 0 radical (unpaired) electrons. The van der Waals surface area contributed by atoms with E-state index >= 15 is 0 Å². The van der Waals surface area contributed by atoms with Gasteiger partial charge in [-0.3, -0.25) is 67.3 Å². The number of hydrogen-bond acceptors (Lipinski definition) is 26. The Bertz CT molecular complexity index is 5510. The van der Waals surface area contributed by atoms with Gasteiger partial charge in [0.25, 0.3) is 0 Å². The smallest absolute Gasteiger partial charge is 0.309 e. The summed E-state index contributed by atoms with van der Waals surface area (Å²) in [6.45, 7) is -0.291. The first kappa shape index (κ1) is 91.4. The average Bonchev–Trinajstić information content (AvgIpc) is 1.62. The number of alkyl halides is 1. The lowest BCUT2D eigenvalue weighted by molar-refractivity contribution is -0.146. The molecule has 0 bridgehead atoms. The number of ether oxygens (including phenoxy) is 5. The number of ketones is 5. The Morgan fingerprint density at radius 2 is 0.860 bits per heavy atom. The summed E-state index contributed by atoms with van der Waals surface area (Å²) >= 11 is 8.26. The number of nitrogen functional groups attached to an aromatic ring is 1. The first-order chi connectivity index (χ1) is 58.0. The van der Waals surface area contributed by atoms with Crippen molar-refractivity contribution in [1.82, 2.24) is 0 Å². The molecule has 6 aliphatic rings. The number of fused-ring (bicyclic) bond motifs is 6. The normalized spacial score (nSPS) is 16.4. The number of anilines is 4. The zero-order valence-corrected chi connectivity index (χ0v) is 70.2. The Kier molecular flexibility index (Phi) is 31.6. The number of esters is 5. The van der Waals surface area contributed by atoms with Gasteiger partial charge in [0.15, 0.2) is 23.1 Å². The van der Waals surface area contributed by atoms with Crippen molar-refractivity contribution in [1.29, 1.82) is 5.26 Å². The van der Waals surface area contributed by atoms with E-state index in [1.54, 1.807) is 48.5 Å². The van der Waals surface area contributed by atoms with Crippen molar-refractivity contribution < 1.29 is 108 Å². The Morgan fingerprint density at radius 3 is 1.26 bits per heavy atom. The number of hydrogen-bond donors (Lipinski definition) is 5. The fourth-order valence-electron chi connectivity index (χ4n) is 14.3. The lowest BCUT2D eigenvalue weighted by Crippen LogP contribution is -2.23. The van der Waals surface area contributed by atoms with Gasteiger partial charge < -0.3 is 51.1 Å². The second kappa shape index (κ2) is 41.8. The highest BCUT2D eigenvalue weighted by Gasteiger charge is 2.41. The lowest BCUT2D eigenvalue weighted by atomic mass is 9.97. The van der Waals surface area contributed by atoms with E-state index in [1.807, 2.05) is 0 Å². The van der Waals surface area contributed by atoms with Gasteiger partial charge in [-0.1, -0.05) is 76.6 Å². The molecule has 1 fully saturated rings. The van der Waals surface area contributed by atoms with Gasteiger partial charge in [0.05, 0.1) is 139 Å². The minimum absolute atomic E-state index is 0.00341. The van der Waals surface area contributed by atoms with Gasteiger partial charge in [-0.25, -0.2) is 22.0 Å². The van der Waals surface area contributed by atoms with Crippen molar-refractivity contribution in [3.05, 3.63) is 242 Å². The number of nitrogens with zero attached hydrogens (tertiary/aromatic N) is 2. The molecule has 5 aliphatic carbocycles. The number of nitriles is 1. The first-order valence-electron chi connectivity index (χ1n) is 37.2. The van der Waals surface area contributed by atoms with Crippen LogP contribution in [-0.4, -0.2) is 136 Å². The second-order valence-corrected chi connectivity index (χ2v) is 32.7. The standard InChI is InChI=1S/C18H15BrFNO4S.C18H17FN2O4S.C18H15FN2O3S.C16H14FNO3S.C9H6FNO.C7H10O3/c1-25-18(24)9-6-11-13(7-9)26-17(21-14(22)8-19)15(11)16(23)10-4-2-3-5-12(10)20;1-25-18(24)9-6-11-13(7-9)26-17(21-14(22)8-20)15(11)16(23)10-4-2-3-5-12(10)19;1-24-18(23)9-6-11-13(7-9)25-17-15(11)16(20-8-14(22)21-17)10-4-2-3-5-12(10)19;1-21-16(20)8-6-10-12(7-8)22-15(18)13(10)14(19)9-4-2-3-5-11(9)17;10-8-4-2-1-3-7(8)9(12)5-6-11;1-10-7(9)5-2-3-6(8)4-5/h2-5,9H,6-8H2,1H3,(H,21,22);2-5,9H,6-8,20H2,1H3,(H,21,22);2-5,9H,6-8H2,1H3,(H,21,22);2-5,8H,6-7,18H2,1H3;1-4H,5H2;5H,2-4H2,1H3. The molecule has 0 spiro atoms. The Hall–Kier alpha value is -11.9. The molecule has 5 heterocycles. The Labute approximate surface area is 713 Å². The van der Waals surface area contributed by atoms with Crippen molar-refractivity contribution in [3.8, 4) is 6.07 Å². The third kappa shape index (κ3) is 21.4. The fraction of sp³-hybridized carbons (Fsp3) is 0.291. The summed E-state index contributed by atoms with van der Waals surface area (Å²) in [6, 6.07) is 30.9. The van der Waals surface area contributed by atoms with E-state index in [0.29, 0.717) is 119 Å². The van der Waals surface area contributed by atoms with Crippen molar-refractivity contribution in [2.75, 3.05) is 75.7 Å². The minimum atomic E-state index is -0.643. The van der Waals surface area contributed by atoms with Gasteiger partial charge >= 0.3 is 29.8 Å². The first-order valence-corrected chi connectivity index (χ1v) is 41.6. The summed E-state index contributed by atoms with van der Waals surface area (Å²) < 4.78 is 92.9. The van der Waals surface area contributed by atoms with Crippen molar-refractivity contribution >= 4 is 163 Å². The highest BCUT2D eigenvalue weighted by Crippen LogP contribution is 2.47. The SMILES string of the molecule is COC(=O)C1CCC(=O)C1.COC(=O)C1Cc2sc(N)c(C(=O)c3ccccc3F)c2C1.COC(=O)C1Cc2sc(NC(=O)CBr)c(C(=O)c3ccccc3F)c2C1.COC(=O)C1Cc2sc(NC(=O)CN)c(C(=O)c3ccccc3F)c2C1.COC(=O)C1Cc2sc3c(c2C1)C(c1ccccc1F)=NCC(=O)N3.N#CCC(=O)c1ccccc1F. The second-order valence-electron chi connectivity index (χ2n) is 27.7. The van der Waals surface area contributed by atoms with Crippen LogP contribution in [0.5, 0.6) is 0 Å². The molecule has 9 aromatic rings. The number of rotatable bonds is 18. The van der Waals surface area contributed by atoms with Gasteiger partial charge in [-0.15, -0.1) is 45.3 Å². The van der Waals surface area contributed by atoms with E-state index in [1.165, 1.54) is 160 Å². The van der Waals surface area contributed by atoms with E-state index in [0.717, 1.165) is 36.2 Å². The maximum absolute atomic E-state index is 14.4. The van der Waals surface area contributed by atoms with Crippen molar-refractivity contribution in [2.45, 2.75) is 77.0 Å². The number of thiophene rings is 4. The Balaban J connectivity index is 0.000000156. The molecule has 5 aromatic carbocycles. The summed E-state index contributed by atoms with van der Waals surface area (Å²) in [6.07, 6.45) is 4.82. The average molecular weight is 1800 g/mol. The van der Waals surface area contributed by atoms with E-state index < -0.39 is 52.3 Å². The highest BCUT2D eigenvalue weighted by molar-refractivity contribution is 9.09. The molecule has 15 rings (SSSR count). The topological polar surface area (TPSA) is 392 Å². The summed E-state index contributed by atoms with van der Waals surface area (Å²) in [7, 11) is 6.70. The maximum Gasteiger partial charge on any atom is 0.309 e. The number of nitrogens with two attached hydrogens (primary N) is 2. The van der Waals surface area contributed by atoms with Gasteiger partial charge in [-0.2, -0.15) is 5.26 Å². The quantitative estimate of drug-likeness (QED) is 0.0175. The molecule has 5 unspecified atom stereocenters. The van der Waals surface area contributed by atoms with Crippen molar-refractivity contribution in [2.24, 2.45) is 40.3 Å². The number of amides is 3. The molecule has 7 N–H and O–H groups in total. The van der Waals surface area contributed by atoms with Crippen LogP contribution in [0.15, 0.2) is 126 Å². The van der Waals surface area contributed by atoms with Gasteiger partial charge in [-0.05, 0) is 141 Å². The molecule has 1 aliphatic heterocycles. The van der Waals surface area contributed by atoms with Crippen LogP contribution in [-0.2, 0) is 118 Å². The Morgan fingerprint density at radius 1 is 0.488 bits per heavy atom. The number of carbonyl (C=O) groups excluding carboxylic acids is 13. The van der Waals surface area contributed by atoms with Crippen molar-refractivity contribution in [3.63, 3.8) is 0 Å². The molecule has 3 amide bonds. The van der Waals surface area contributed by atoms with Gasteiger partial charge in [0.2, 0.25) is 17.7 Å². The van der Waals surface area contributed by atoms with Crippen LogP contribution in [0.4, 0.5) is 42.0 Å². The number of carbonyl (C=O) groups is 13. The summed E-state index contributed by atoms with van der Waals surface area (Å²) in [5.74, 6) is -8.48. The van der Waals surface area contributed by atoms with E-state index in [4.69, 9.17) is 35.7 Å². The monoisotopic (exact) mass is 1800 g/mol. The van der Waals surface area contributed by atoms with Crippen LogP contribution in [0.2, 0.25) is 0 Å². The number of Topliss-reactive ketones (excluding diaryl/α,β-unsaturated/α-hetero) is 2. The predicted molar refractivity (Wildman–Crippen MR) is 444 cm³/mol. The van der Waals surface area contributed by atoms with E-state index in [9.17, 15) is 84.3 Å². The third-order valence-corrected chi connectivity index (χ3v) is 25.2. The number of methoxy groups -OCH3 is 5. The number of nitrogens with one attached hydrogen (secondary N) is 3. The van der Waals surface area contributed by atoms with Crippen LogP contribution in [0, 0.1) is 70.0 Å². The largest absolute Gasteiger partial charge is 0.469 e. The molecule has 121 heavy (non-hydrogen) atoms.